The van der Waals surface area contributed by atoms with Crippen LogP contribution in [0.5, 0.6) is 0 Å². The maximum Gasteiger partial charge on any atom is 0.269 e. The van der Waals surface area contributed by atoms with Crippen molar-refractivity contribution in [1.82, 2.24) is 5.32 Å². The number of anilines is 1. The molecule has 1 amide bonds. The molecule has 2 rings (SSSR count). The van der Waals surface area contributed by atoms with Gasteiger partial charge >= 0.3 is 0 Å². The third kappa shape index (κ3) is 3.08. The molecule has 1 aromatic rings. The van der Waals surface area contributed by atoms with Gasteiger partial charge in [-0.2, -0.15) is 0 Å². The minimum absolute atomic E-state index is 0.0338. The zero-order valence-electron chi connectivity index (χ0n) is 10.8. The van der Waals surface area contributed by atoms with E-state index in [2.05, 4.69) is 5.32 Å². The molecule has 0 bridgehead atoms. The molecule has 0 radical (unpaired) electrons. The summed E-state index contributed by atoms with van der Waals surface area (Å²) in [4.78, 5) is 24.0. The average molecular weight is 263 g/mol. The Hall–Kier alpha value is -1.95. The van der Waals surface area contributed by atoms with E-state index in [4.69, 9.17) is 0 Å². The van der Waals surface area contributed by atoms with Crippen LogP contribution in [0, 0.1) is 16.0 Å². The number of nitro groups is 1. The number of hydrogen-bond acceptors (Lipinski definition) is 4. The van der Waals surface area contributed by atoms with Crippen molar-refractivity contribution >= 4 is 17.3 Å². The molecule has 6 heteroatoms. The van der Waals surface area contributed by atoms with Crippen molar-refractivity contribution in [3.05, 3.63) is 34.4 Å². The van der Waals surface area contributed by atoms with Crippen LogP contribution in [-0.2, 0) is 4.79 Å². The smallest absolute Gasteiger partial charge is 0.269 e. The number of carbonyl (C=O) groups excluding carboxylic acids is 1. The lowest BCUT2D eigenvalue weighted by Gasteiger charge is -2.26. The van der Waals surface area contributed by atoms with Gasteiger partial charge in [-0.15, -0.1) is 0 Å². The number of nitrogens with one attached hydrogen (secondary N) is 1. The molecule has 0 atom stereocenters. The van der Waals surface area contributed by atoms with Gasteiger partial charge in [0.25, 0.3) is 5.69 Å². The fraction of sp³-hybridized carbons (Fsp3) is 0.462. The Morgan fingerprint density at radius 2 is 1.89 bits per heavy atom. The second-order valence-electron chi connectivity index (χ2n) is 4.70. The highest BCUT2D eigenvalue weighted by atomic mass is 16.6. The van der Waals surface area contributed by atoms with Gasteiger partial charge in [0.1, 0.15) is 0 Å². The predicted molar refractivity (Wildman–Crippen MR) is 72.1 cm³/mol. The van der Waals surface area contributed by atoms with E-state index >= 15 is 0 Å². The first-order valence-electron chi connectivity index (χ1n) is 6.32. The van der Waals surface area contributed by atoms with E-state index in [9.17, 15) is 14.9 Å². The van der Waals surface area contributed by atoms with Crippen molar-refractivity contribution in [3.8, 4) is 0 Å². The van der Waals surface area contributed by atoms with E-state index in [0.717, 1.165) is 25.9 Å². The molecule has 1 aliphatic heterocycles. The number of hydrogen-bond donors (Lipinski definition) is 1. The number of rotatable bonds is 3. The monoisotopic (exact) mass is 263 g/mol. The summed E-state index contributed by atoms with van der Waals surface area (Å²) in [7, 11) is 1.71. The molecule has 0 unspecified atom stereocenters. The zero-order valence-corrected chi connectivity index (χ0v) is 10.8. The van der Waals surface area contributed by atoms with Gasteiger partial charge in [0, 0.05) is 30.8 Å². The SMILES string of the molecule is CN(C(=O)C1CCNCC1)c1ccc([N+](=O)[O-])cc1. The van der Waals surface area contributed by atoms with E-state index in [0.29, 0.717) is 5.69 Å². The number of amides is 1. The molecule has 1 aliphatic rings. The van der Waals surface area contributed by atoms with Crippen molar-refractivity contribution in [2.24, 2.45) is 5.92 Å². The van der Waals surface area contributed by atoms with Crippen molar-refractivity contribution < 1.29 is 9.72 Å². The van der Waals surface area contributed by atoms with Gasteiger partial charge in [0.15, 0.2) is 0 Å². The summed E-state index contributed by atoms with van der Waals surface area (Å²) < 4.78 is 0. The lowest BCUT2D eigenvalue weighted by molar-refractivity contribution is -0.384. The van der Waals surface area contributed by atoms with Crippen LogP contribution in [-0.4, -0.2) is 31.0 Å². The van der Waals surface area contributed by atoms with Crippen LogP contribution in [0.3, 0.4) is 0 Å². The summed E-state index contributed by atoms with van der Waals surface area (Å²) in [5, 5.41) is 13.8. The molecule has 102 valence electrons. The first-order valence-corrected chi connectivity index (χ1v) is 6.32. The van der Waals surface area contributed by atoms with Crippen LogP contribution >= 0.6 is 0 Å². The van der Waals surface area contributed by atoms with E-state index in [1.54, 1.807) is 24.1 Å². The molecular weight excluding hydrogens is 246 g/mol. The highest BCUT2D eigenvalue weighted by molar-refractivity contribution is 5.94. The highest BCUT2D eigenvalue weighted by Crippen LogP contribution is 2.22. The maximum atomic E-state index is 12.3. The van der Waals surface area contributed by atoms with Gasteiger partial charge in [-0.3, -0.25) is 14.9 Å². The Morgan fingerprint density at radius 3 is 2.42 bits per heavy atom. The third-order valence-electron chi connectivity index (χ3n) is 3.47. The number of carbonyl (C=O) groups is 1. The number of benzene rings is 1. The summed E-state index contributed by atoms with van der Waals surface area (Å²) in [6, 6.07) is 6.05. The van der Waals surface area contributed by atoms with E-state index in [1.807, 2.05) is 0 Å². The first kappa shape index (κ1) is 13.5. The molecule has 1 N–H and O–H groups in total. The fourth-order valence-electron chi connectivity index (χ4n) is 2.27. The Morgan fingerprint density at radius 1 is 1.32 bits per heavy atom. The second kappa shape index (κ2) is 5.79. The van der Waals surface area contributed by atoms with Gasteiger partial charge in [-0.05, 0) is 38.1 Å². The molecule has 0 saturated carbocycles. The Bertz CT molecular complexity index is 467. The van der Waals surface area contributed by atoms with Gasteiger partial charge in [0.05, 0.1) is 4.92 Å². The van der Waals surface area contributed by atoms with Crippen molar-refractivity contribution in [2.45, 2.75) is 12.8 Å². The van der Waals surface area contributed by atoms with E-state index in [1.165, 1.54) is 12.1 Å². The first-order chi connectivity index (χ1) is 9.09. The van der Waals surface area contributed by atoms with Crippen molar-refractivity contribution in [3.63, 3.8) is 0 Å². The van der Waals surface area contributed by atoms with E-state index in [-0.39, 0.29) is 17.5 Å². The summed E-state index contributed by atoms with van der Waals surface area (Å²) in [5.74, 6) is 0.122. The number of nitrogens with zero attached hydrogens (tertiary/aromatic N) is 2. The molecule has 1 saturated heterocycles. The van der Waals surface area contributed by atoms with Gasteiger partial charge in [-0.25, -0.2) is 0 Å². The standard InChI is InChI=1S/C13H17N3O3/c1-15(13(17)10-6-8-14-9-7-10)11-2-4-12(5-3-11)16(18)19/h2-5,10,14H,6-9H2,1H3. The summed E-state index contributed by atoms with van der Waals surface area (Å²) >= 11 is 0. The van der Waals surface area contributed by atoms with E-state index < -0.39 is 4.92 Å². The lowest BCUT2D eigenvalue weighted by atomic mass is 9.96. The minimum atomic E-state index is -0.446. The Balaban J connectivity index is 2.07. The average Bonchev–Trinajstić information content (AvgIpc) is 2.46. The molecule has 6 nitrogen and oxygen atoms in total. The van der Waals surface area contributed by atoms with Crippen LogP contribution < -0.4 is 10.2 Å². The van der Waals surface area contributed by atoms with Crippen LogP contribution in [0.25, 0.3) is 0 Å². The van der Waals surface area contributed by atoms with Crippen LogP contribution in [0.1, 0.15) is 12.8 Å². The topological polar surface area (TPSA) is 75.5 Å². The lowest BCUT2D eigenvalue weighted by Crippen LogP contribution is -2.39. The van der Waals surface area contributed by atoms with Crippen LogP contribution in [0.4, 0.5) is 11.4 Å². The molecule has 1 aromatic carbocycles. The largest absolute Gasteiger partial charge is 0.317 e. The molecule has 19 heavy (non-hydrogen) atoms. The minimum Gasteiger partial charge on any atom is -0.317 e. The summed E-state index contributed by atoms with van der Waals surface area (Å²) in [6.45, 7) is 1.73. The number of piperidine rings is 1. The zero-order chi connectivity index (χ0) is 13.8. The highest BCUT2D eigenvalue weighted by Gasteiger charge is 2.24. The normalized spacial score (nSPS) is 16.1. The second-order valence-corrected chi connectivity index (χ2v) is 4.70. The summed E-state index contributed by atoms with van der Waals surface area (Å²) in [5.41, 5.74) is 0.723. The molecule has 1 heterocycles. The molecular formula is C13H17N3O3. The quantitative estimate of drug-likeness (QED) is 0.663. The van der Waals surface area contributed by atoms with Crippen LogP contribution in [0.15, 0.2) is 24.3 Å². The van der Waals surface area contributed by atoms with Gasteiger partial charge < -0.3 is 10.2 Å². The molecule has 0 aromatic heterocycles. The maximum absolute atomic E-state index is 12.3. The number of non-ortho nitro benzene ring substituents is 1. The van der Waals surface area contributed by atoms with Crippen molar-refractivity contribution in [2.75, 3.05) is 25.0 Å². The van der Waals surface area contributed by atoms with Crippen LogP contribution in [0.2, 0.25) is 0 Å². The van der Waals surface area contributed by atoms with Crippen molar-refractivity contribution in [1.29, 1.82) is 0 Å². The van der Waals surface area contributed by atoms with Gasteiger partial charge in [0.2, 0.25) is 5.91 Å². The Labute approximate surface area is 111 Å². The van der Waals surface area contributed by atoms with Gasteiger partial charge in [-0.1, -0.05) is 0 Å². The summed E-state index contributed by atoms with van der Waals surface area (Å²) in [6.07, 6.45) is 1.69. The number of nitro benzene ring substituents is 1. The predicted octanol–water partition coefficient (Wildman–Crippen LogP) is 1.56. The fourth-order valence-corrected chi connectivity index (χ4v) is 2.27. The Kier molecular flexibility index (Phi) is 4.11. The molecule has 0 spiro atoms. The molecule has 1 fully saturated rings. The third-order valence-corrected chi connectivity index (χ3v) is 3.47. The molecule has 0 aliphatic carbocycles.